The van der Waals surface area contributed by atoms with E-state index in [4.69, 9.17) is 5.73 Å². The Morgan fingerprint density at radius 3 is 2.82 bits per heavy atom. The molecule has 0 aromatic carbocycles. The molecule has 1 aromatic rings. The number of aromatic nitrogens is 2. The summed E-state index contributed by atoms with van der Waals surface area (Å²) in [6, 6.07) is 2.08. The first kappa shape index (κ1) is 12.6. The Kier molecular flexibility index (Phi) is 4.62. The second-order valence-corrected chi connectivity index (χ2v) is 5.25. The molecular formula is C12H20N4S. The topological polar surface area (TPSA) is 55.0 Å². The Morgan fingerprint density at radius 2 is 2.18 bits per heavy atom. The third-order valence-corrected chi connectivity index (χ3v) is 3.99. The maximum Gasteiger partial charge on any atom is 0.133 e. The van der Waals surface area contributed by atoms with Gasteiger partial charge in [-0.05, 0) is 38.0 Å². The van der Waals surface area contributed by atoms with E-state index in [1.165, 1.54) is 12.8 Å². The summed E-state index contributed by atoms with van der Waals surface area (Å²) < 4.78 is 0. The molecule has 2 N–H and O–H groups in total. The van der Waals surface area contributed by atoms with E-state index in [0.29, 0.717) is 0 Å². The average Bonchev–Trinajstić information content (AvgIpc) is 2.40. The van der Waals surface area contributed by atoms with Gasteiger partial charge in [0.25, 0.3) is 0 Å². The number of hydrogen-bond acceptors (Lipinski definition) is 5. The van der Waals surface area contributed by atoms with Crippen molar-refractivity contribution < 1.29 is 0 Å². The van der Waals surface area contributed by atoms with Crippen LogP contribution in [0.2, 0.25) is 0 Å². The maximum atomic E-state index is 5.61. The molecule has 1 saturated heterocycles. The molecule has 4 nitrogen and oxygen atoms in total. The Hall–Kier alpha value is -0.810. The van der Waals surface area contributed by atoms with Crippen LogP contribution < -0.4 is 10.6 Å². The van der Waals surface area contributed by atoms with Crippen LogP contribution in [0, 0.1) is 5.92 Å². The molecule has 1 fully saturated rings. The zero-order valence-corrected chi connectivity index (χ0v) is 11.1. The molecule has 0 amide bonds. The van der Waals surface area contributed by atoms with Crippen molar-refractivity contribution in [2.75, 3.05) is 30.8 Å². The lowest BCUT2D eigenvalue weighted by Crippen LogP contribution is -2.34. The molecule has 2 rings (SSSR count). The van der Waals surface area contributed by atoms with E-state index < -0.39 is 0 Å². The van der Waals surface area contributed by atoms with Crippen molar-refractivity contribution >= 4 is 17.6 Å². The van der Waals surface area contributed by atoms with Crippen LogP contribution >= 0.6 is 11.8 Å². The van der Waals surface area contributed by atoms with E-state index >= 15 is 0 Å². The van der Waals surface area contributed by atoms with E-state index in [-0.39, 0.29) is 0 Å². The summed E-state index contributed by atoms with van der Waals surface area (Å²) in [5.74, 6) is 1.87. The molecule has 0 atom stereocenters. The molecule has 0 radical (unpaired) electrons. The summed E-state index contributed by atoms with van der Waals surface area (Å²) in [6.45, 7) is 3.00. The van der Waals surface area contributed by atoms with Gasteiger partial charge >= 0.3 is 0 Å². The first-order chi connectivity index (χ1) is 8.33. The Labute approximate surface area is 107 Å². The molecule has 2 heterocycles. The standard InChI is InChI=1S/C12H20N4S/c1-17-12-8-11(14-9-15-12)16-6-3-10(2-5-13)4-7-16/h8-10H,2-7,13H2,1H3. The smallest absolute Gasteiger partial charge is 0.133 e. The second kappa shape index (κ2) is 6.21. The van der Waals surface area contributed by atoms with Crippen molar-refractivity contribution in [1.82, 2.24) is 9.97 Å². The Morgan fingerprint density at radius 1 is 1.41 bits per heavy atom. The molecular weight excluding hydrogens is 232 g/mol. The summed E-state index contributed by atoms with van der Waals surface area (Å²) in [6.07, 6.45) is 7.33. The number of thioether (sulfide) groups is 1. The molecule has 1 aromatic heterocycles. The summed E-state index contributed by atoms with van der Waals surface area (Å²) >= 11 is 1.66. The average molecular weight is 252 g/mol. The number of nitrogens with two attached hydrogens (primary N) is 1. The molecule has 5 heteroatoms. The fourth-order valence-electron chi connectivity index (χ4n) is 2.30. The molecule has 1 aliphatic rings. The number of rotatable bonds is 4. The third kappa shape index (κ3) is 3.33. The highest BCUT2D eigenvalue weighted by atomic mass is 32.2. The van der Waals surface area contributed by atoms with Gasteiger partial charge in [-0.3, -0.25) is 0 Å². The highest BCUT2D eigenvalue weighted by Crippen LogP contribution is 2.24. The molecule has 0 spiro atoms. The number of anilines is 1. The van der Waals surface area contributed by atoms with Gasteiger partial charge in [0.2, 0.25) is 0 Å². The van der Waals surface area contributed by atoms with Crippen LogP contribution in [-0.4, -0.2) is 35.9 Å². The largest absolute Gasteiger partial charge is 0.356 e. The Balaban J connectivity index is 1.95. The van der Waals surface area contributed by atoms with Gasteiger partial charge in [-0.25, -0.2) is 9.97 Å². The second-order valence-electron chi connectivity index (χ2n) is 4.43. The predicted octanol–water partition coefficient (Wildman–Crippen LogP) is 1.76. The van der Waals surface area contributed by atoms with Gasteiger partial charge in [0.1, 0.15) is 17.2 Å². The van der Waals surface area contributed by atoms with Crippen molar-refractivity contribution in [2.45, 2.75) is 24.3 Å². The van der Waals surface area contributed by atoms with Crippen LogP contribution in [0.4, 0.5) is 5.82 Å². The van der Waals surface area contributed by atoms with Crippen molar-refractivity contribution in [3.8, 4) is 0 Å². The van der Waals surface area contributed by atoms with Gasteiger partial charge in [0.15, 0.2) is 0 Å². The molecule has 17 heavy (non-hydrogen) atoms. The highest BCUT2D eigenvalue weighted by Gasteiger charge is 2.19. The van der Waals surface area contributed by atoms with Crippen LogP contribution in [0.25, 0.3) is 0 Å². The molecule has 0 unspecified atom stereocenters. The van der Waals surface area contributed by atoms with Gasteiger partial charge in [0, 0.05) is 19.2 Å². The molecule has 0 aliphatic carbocycles. The van der Waals surface area contributed by atoms with Crippen molar-refractivity contribution in [1.29, 1.82) is 0 Å². The van der Waals surface area contributed by atoms with Crippen LogP contribution in [0.15, 0.2) is 17.4 Å². The maximum absolute atomic E-state index is 5.61. The monoisotopic (exact) mass is 252 g/mol. The zero-order chi connectivity index (χ0) is 12.1. The summed E-state index contributed by atoms with van der Waals surface area (Å²) in [5, 5.41) is 1.04. The van der Waals surface area contributed by atoms with E-state index in [1.807, 2.05) is 6.26 Å². The van der Waals surface area contributed by atoms with Gasteiger partial charge < -0.3 is 10.6 Å². The normalized spacial score (nSPS) is 17.4. The van der Waals surface area contributed by atoms with Crippen LogP contribution in [0.5, 0.6) is 0 Å². The molecule has 0 saturated carbocycles. The van der Waals surface area contributed by atoms with Gasteiger partial charge in [-0.2, -0.15) is 0 Å². The lowest BCUT2D eigenvalue weighted by Gasteiger charge is -2.32. The number of hydrogen-bond donors (Lipinski definition) is 1. The van der Waals surface area contributed by atoms with E-state index in [1.54, 1.807) is 18.1 Å². The minimum Gasteiger partial charge on any atom is -0.356 e. The fourth-order valence-corrected chi connectivity index (χ4v) is 2.68. The predicted molar refractivity (Wildman–Crippen MR) is 72.4 cm³/mol. The van der Waals surface area contributed by atoms with Crippen molar-refractivity contribution in [3.05, 3.63) is 12.4 Å². The van der Waals surface area contributed by atoms with Gasteiger partial charge in [0.05, 0.1) is 0 Å². The van der Waals surface area contributed by atoms with Gasteiger partial charge in [-0.1, -0.05) is 0 Å². The van der Waals surface area contributed by atoms with Crippen LogP contribution in [0.3, 0.4) is 0 Å². The van der Waals surface area contributed by atoms with E-state index in [0.717, 1.165) is 42.8 Å². The first-order valence-corrected chi connectivity index (χ1v) is 7.37. The van der Waals surface area contributed by atoms with Crippen molar-refractivity contribution in [2.24, 2.45) is 11.7 Å². The Bertz CT molecular complexity index is 350. The minimum absolute atomic E-state index is 0.804. The van der Waals surface area contributed by atoms with Crippen LogP contribution in [-0.2, 0) is 0 Å². The first-order valence-electron chi connectivity index (χ1n) is 6.14. The van der Waals surface area contributed by atoms with E-state index in [9.17, 15) is 0 Å². The lowest BCUT2D eigenvalue weighted by atomic mass is 9.94. The summed E-state index contributed by atoms with van der Waals surface area (Å²) in [5.41, 5.74) is 5.61. The molecule has 94 valence electrons. The molecule has 1 aliphatic heterocycles. The third-order valence-electron chi connectivity index (χ3n) is 3.35. The zero-order valence-electron chi connectivity index (χ0n) is 10.3. The van der Waals surface area contributed by atoms with Gasteiger partial charge in [-0.15, -0.1) is 11.8 Å². The summed E-state index contributed by atoms with van der Waals surface area (Å²) in [7, 11) is 0. The molecule has 0 bridgehead atoms. The SMILES string of the molecule is CSc1cc(N2CCC(CCN)CC2)ncn1. The van der Waals surface area contributed by atoms with Crippen LogP contribution in [0.1, 0.15) is 19.3 Å². The van der Waals surface area contributed by atoms with Crippen molar-refractivity contribution in [3.63, 3.8) is 0 Å². The minimum atomic E-state index is 0.804. The fraction of sp³-hybridized carbons (Fsp3) is 0.667. The van der Waals surface area contributed by atoms with E-state index in [2.05, 4.69) is 20.9 Å². The number of piperidine rings is 1. The summed E-state index contributed by atoms with van der Waals surface area (Å²) in [4.78, 5) is 10.9. The highest BCUT2D eigenvalue weighted by molar-refractivity contribution is 7.98. The quantitative estimate of drug-likeness (QED) is 0.654. The number of nitrogens with zero attached hydrogens (tertiary/aromatic N) is 3. The lowest BCUT2D eigenvalue weighted by molar-refractivity contribution is 0.385.